The number of benzene rings is 2. The van der Waals surface area contributed by atoms with Gasteiger partial charge >= 0.3 is 0 Å². The maximum Gasteiger partial charge on any atom is 0.123 e. The third-order valence-electron chi connectivity index (χ3n) is 3.93. The lowest BCUT2D eigenvalue weighted by molar-refractivity contribution is 0.477. The Morgan fingerprint density at radius 3 is 1.78 bits per heavy atom. The van der Waals surface area contributed by atoms with Crippen LogP contribution in [0.4, 0.5) is 4.39 Å². The first-order chi connectivity index (χ1) is 8.73. The zero-order valence-electron chi connectivity index (χ0n) is 11.0. The molecule has 0 atom stereocenters. The topological polar surface area (TPSA) is 0 Å². The lowest BCUT2D eigenvalue weighted by Gasteiger charge is -2.33. The SMILES string of the molecule is CCC(CC)(c1ccccc1)c1ccc(F)cc1. The molecule has 2 aromatic rings. The van der Waals surface area contributed by atoms with Crippen molar-refractivity contribution in [2.75, 3.05) is 0 Å². The van der Waals surface area contributed by atoms with Crippen molar-refractivity contribution in [3.8, 4) is 0 Å². The molecule has 0 radical (unpaired) electrons. The molecular weight excluding hydrogens is 223 g/mol. The highest BCUT2D eigenvalue weighted by Crippen LogP contribution is 2.38. The monoisotopic (exact) mass is 242 g/mol. The van der Waals surface area contributed by atoms with Gasteiger partial charge in [-0.3, -0.25) is 0 Å². The van der Waals surface area contributed by atoms with Gasteiger partial charge in [0, 0.05) is 5.41 Å². The van der Waals surface area contributed by atoms with Crippen molar-refractivity contribution in [3.05, 3.63) is 71.5 Å². The van der Waals surface area contributed by atoms with Crippen molar-refractivity contribution >= 4 is 0 Å². The average Bonchev–Trinajstić information content (AvgIpc) is 2.44. The van der Waals surface area contributed by atoms with E-state index < -0.39 is 0 Å². The summed E-state index contributed by atoms with van der Waals surface area (Å²) in [5.74, 6) is -0.173. The van der Waals surface area contributed by atoms with E-state index in [4.69, 9.17) is 0 Å². The summed E-state index contributed by atoms with van der Waals surface area (Å²) >= 11 is 0. The van der Waals surface area contributed by atoms with E-state index in [1.54, 1.807) is 12.1 Å². The van der Waals surface area contributed by atoms with Gasteiger partial charge < -0.3 is 0 Å². The van der Waals surface area contributed by atoms with Gasteiger partial charge in [-0.05, 0) is 36.1 Å². The minimum absolute atomic E-state index is 0.00500. The van der Waals surface area contributed by atoms with E-state index in [-0.39, 0.29) is 11.2 Å². The summed E-state index contributed by atoms with van der Waals surface area (Å²) in [6, 6.07) is 17.4. The molecule has 0 saturated heterocycles. The average molecular weight is 242 g/mol. The van der Waals surface area contributed by atoms with Crippen LogP contribution in [0, 0.1) is 5.82 Å². The molecule has 0 aromatic heterocycles. The molecule has 2 aromatic carbocycles. The zero-order chi connectivity index (χ0) is 13.0. The Labute approximate surface area is 108 Å². The van der Waals surface area contributed by atoms with Crippen LogP contribution in [0.5, 0.6) is 0 Å². The van der Waals surface area contributed by atoms with Gasteiger partial charge in [0.2, 0.25) is 0 Å². The molecule has 0 bridgehead atoms. The van der Waals surface area contributed by atoms with Crippen molar-refractivity contribution in [1.29, 1.82) is 0 Å². The molecule has 0 amide bonds. The van der Waals surface area contributed by atoms with Gasteiger partial charge in [-0.2, -0.15) is 0 Å². The number of rotatable bonds is 4. The third kappa shape index (κ3) is 2.17. The highest BCUT2D eigenvalue weighted by molar-refractivity contribution is 5.39. The summed E-state index contributed by atoms with van der Waals surface area (Å²) < 4.78 is 13.1. The second kappa shape index (κ2) is 5.34. The molecule has 0 aliphatic heterocycles. The van der Waals surface area contributed by atoms with Crippen molar-refractivity contribution in [1.82, 2.24) is 0 Å². The Hall–Kier alpha value is -1.63. The third-order valence-corrected chi connectivity index (χ3v) is 3.93. The molecule has 2 rings (SSSR count). The van der Waals surface area contributed by atoms with Crippen molar-refractivity contribution in [2.24, 2.45) is 0 Å². The molecule has 1 heteroatoms. The fourth-order valence-electron chi connectivity index (χ4n) is 2.76. The van der Waals surface area contributed by atoms with Crippen molar-refractivity contribution < 1.29 is 4.39 Å². The second-order valence-corrected chi connectivity index (χ2v) is 4.66. The first-order valence-electron chi connectivity index (χ1n) is 6.54. The summed E-state index contributed by atoms with van der Waals surface area (Å²) in [6.07, 6.45) is 2.03. The lowest BCUT2D eigenvalue weighted by Crippen LogP contribution is -2.25. The molecule has 0 fully saturated rings. The maximum atomic E-state index is 13.1. The predicted molar refractivity (Wildman–Crippen MR) is 74.2 cm³/mol. The van der Waals surface area contributed by atoms with E-state index in [0.717, 1.165) is 12.8 Å². The molecule has 0 aliphatic carbocycles. The van der Waals surface area contributed by atoms with Crippen molar-refractivity contribution in [2.45, 2.75) is 32.1 Å². The summed E-state index contributed by atoms with van der Waals surface area (Å²) in [6.45, 7) is 4.39. The van der Waals surface area contributed by atoms with Crippen LogP contribution < -0.4 is 0 Å². The highest BCUT2D eigenvalue weighted by atomic mass is 19.1. The van der Waals surface area contributed by atoms with Crippen LogP contribution in [0.25, 0.3) is 0 Å². The van der Waals surface area contributed by atoms with Crippen LogP contribution in [0.15, 0.2) is 54.6 Å². The van der Waals surface area contributed by atoms with E-state index in [1.807, 2.05) is 18.2 Å². The van der Waals surface area contributed by atoms with E-state index in [9.17, 15) is 4.39 Å². The van der Waals surface area contributed by atoms with E-state index >= 15 is 0 Å². The lowest BCUT2D eigenvalue weighted by atomic mass is 9.70. The van der Waals surface area contributed by atoms with Crippen LogP contribution in [-0.4, -0.2) is 0 Å². The normalized spacial score (nSPS) is 11.5. The van der Waals surface area contributed by atoms with Gasteiger partial charge in [-0.25, -0.2) is 4.39 Å². The fourth-order valence-corrected chi connectivity index (χ4v) is 2.76. The fraction of sp³-hybridized carbons (Fsp3) is 0.294. The molecule has 0 unspecified atom stereocenters. The van der Waals surface area contributed by atoms with Crippen LogP contribution in [0.2, 0.25) is 0 Å². The quantitative estimate of drug-likeness (QED) is 0.713. The molecule has 0 nitrogen and oxygen atoms in total. The summed E-state index contributed by atoms with van der Waals surface area (Å²) in [5.41, 5.74) is 2.50. The smallest absolute Gasteiger partial charge is 0.123 e. The van der Waals surface area contributed by atoms with E-state index in [0.29, 0.717) is 0 Å². The number of hydrogen-bond donors (Lipinski definition) is 0. The summed E-state index contributed by atoms with van der Waals surface area (Å²) in [5, 5.41) is 0. The van der Waals surface area contributed by atoms with Crippen LogP contribution >= 0.6 is 0 Å². The molecule has 0 heterocycles. The van der Waals surface area contributed by atoms with Gasteiger partial charge in [0.25, 0.3) is 0 Å². The van der Waals surface area contributed by atoms with Crippen LogP contribution in [0.1, 0.15) is 37.8 Å². The Kier molecular flexibility index (Phi) is 3.81. The molecule has 0 saturated carbocycles. The zero-order valence-corrected chi connectivity index (χ0v) is 11.0. The summed E-state index contributed by atoms with van der Waals surface area (Å²) in [4.78, 5) is 0. The largest absolute Gasteiger partial charge is 0.207 e. The van der Waals surface area contributed by atoms with Crippen molar-refractivity contribution in [3.63, 3.8) is 0 Å². The van der Waals surface area contributed by atoms with Crippen LogP contribution in [0.3, 0.4) is 0 Å². The van der Waals surface area contributed by atoms with E-state index in [2.05, 4.69) is 38.1 Å². The molecular formula is C17H19F. The first-order valence-corrected chi connectivity index (χ1v) is 6.54. The Morgan fingerprint density at radius 2 is 1.28 bits per heavy atom. The van der Waals surface area contributed by atoms with Gasteiger partial charge in [-0.15, -0.1) is 0 Å². The molecule has 0 N–H and O–H groups in total. The molecule has 18 heavy (non-hydrogen) atoms. The Balaban J connectivity index is 2.54. The molecule has 0 spiro atoms. The molecule has 0 aliphatic rings. The minimum Gasteiger partial charge on any atom is -0.207 e. The van der Waals surface area contributed by atoms with E-state index in [1.165, 1.54) is 11.1 Å². The number of halogens is 1. The Morgan fingerprint density at radius 1 is 0.778 bits per heavy atom. The maximum absolute atomic E-state index is 13.1. The first kappa shape index (κ1) is 12.8. The van der Waals surface area contributed by atoms with Gasteiger partial charge in [0.05, 0.1) is 0 Å². The minimum atomic E-state index is -0.173. The Bertz CT molecular complexity index is 481. The van der Waals surface area contributed by atoms with Crippen LogP contribution in [-0.2, 0) is 5.41 Å². The summed E-state index contributed by atoms with van der Waals surface area (Å²) in [7, 11) is 0. The number of hydrogen-bond acceptors (Lipinski definition) is 0. The highest BCUT2D eigenvalue weighted by Gasteiger charge is 2.30. The van der Waals surface area contributed by atoms with Gasteiger partial charge in [-0.1, -0.05) is 56.3 Å². The second-order valence-electron chi connectivity index (χ2n) is 4.66. The van der Waals surface area contributed by atoms with Gasteiger partial charge in [0.1, 0.15) is 5.82 Å². The van der Waals surface area contributed by atoms with Gasteiger partial charge in [0.15, 0.2) is 0 Å². The standard InChI is InChI=1S/C17H19F/c1-3-17(4-2,14-8-6-5-7-9-14)15-10-12-16(18)13-11-15/h5-13H,3-4H2,1-2H3. The molecule has 94 valence electrons. The predicted octanol–water partition coefficient (Wildman–Crippen LogP) is 4.93.